The third kappa shape index (κ3) is 4.18. The highest BCUT2D eigenvalue weighted by atomic mass is 35.5. The summed E-state index contributed by atoms with van der Waals surface area (Å²) in [6, 6.07) is 12.4. The van der Waals surface area contributed by atoms with Crippen molar-refractivity contribution in [2.45, 2.75) is 6.54 Å². The van der Waals surface area contributed by atoms with E-state index < -0.39 is 5.97 Å². The molecule has 3 rings (SSSR count). The number of aromatic nitrogens is 1. The number of hydrogen-bond donors (Lipinski definition) is 1. The van der Waals surface area contributed by atoms with E-state index in [2.05, 4.69) is 10.5 Å². The molecule has 0 aliphatic heterocycles. The van der Waals surface area contributed by atoms with Gasteiger partial charge in [0.25, 0.3) is 0 Å². The Morgan fingerprint density at radius 2 is 1.89 bits per heavy atom. The maximum absolute atomic E-state index is 12.3. The lowest BCUT2D eigenvalue weighted by Gasteiger charge is -2.07. The quantitative estimate of drug-likeness (QED) is 0.576. The molecule has 0 aliphatic carbocycles. The van der Waals surface area contributed by atoms with Gasteiger partial charge in [-0.3, -0.25) is 0 Å². The van der Waals surface area contributed by atoms with Gasteiger partial charge in [0, 0.05) is 17.1 Å². The summed E-state index contributed by atoms with van der Waals surface area (Å²) >= 11 is 12.2. The molecule has 0 saturated carbocycles. The average Bonchev–Trinajstić information content (AvgIpc) is 3.09. The molecule has 2 aromatic carbocycles. The van der Waals surface area contributed by atoms with Crippen LogP contribution in [0.5, 0.6) is 5.75 Å². The molecule has 0 aliphatic rings. The molecule has 3 aromatic rings. The number of ether oxygens (including phenoxy) is 2. The summed E-state index contributed by atoms with van der Waals surface area (Å²) in [7, 11) is 2.89. The van der Waals surface area contributed by atoms with Crippen LogP contribution in [0.15, 0.2) is 47.0 Å². The lowest BCUT2D eigenvalue weighted by atomic mass is 10.1. The van der Waals surface area contributed by atoms with E-state index in [-0.39, 0.29) is 17.1 Å². The van der Waals surface area contributed by atoms with Crippen LogP contribution < -0.4 is 10.1 Å². The molecule has 0 spiro atoms. The summed E-state index contributed by atoms with van der Waals surface area (Å²) in [5.74, 6) is 0.643. The Labute approximate surface area is 166 Å². The second-order valence-corrected chi connectivity index (χ2v) is 6.40. The first-order valence-corrected chi connectivity index (χ1v) is 8.69. The molecule has 140 valence electrons. The summed E-state index contributed by atoms with van der Waals surface area (Å²) in [6.07, 6.45) is 0. The topological polar surface area (TPSA) is 73.6 Å². The Hall–Kier alpha value is -2.70. The van der Waals surface area contributed by atoms with Crippen LogP contribution in [0.2, 0.25) is 10.0 Å². The molecule has 0 amide bonds. The van der Waals surface area contributed by atoms with E-state index >= 15 is 0 Å². The predicted molar refractivity (Wildman–Crippen MR) is 104 cm³/mol. The molecule has 1 N–H and O–H groups in total. The minimum Gasteiger partial charge on any atom is -0.497 e. The van der Waals surface area contributed by atoms with Crippen LogP contribution in [0.1, 0.15) is 15.9 Å². The lowest BCUT2D eigenvalue weighted by Crippen LogP contribution is -2.08. The second kappa shape index (κ2) is 8.33. The van der Waals surface area contributed by atoms with Crippen LogP contribution in [0, 0.1) is 0 Å². The SMILES string of the molecule is COC(=O)c1c(NCc2ccc(OC)cc2)noc1-c1ccc(Cl)cc1Cl. The van der Waals surface area contributed by atoms with Gasteiger partial charge in [-0.1, -0.05) is 40.5 Å². The largest absolute Gasteiger partial charge is 0.497 e. The summed E-state index contributed by atoms with van der Waals surface area (Å²) < 4.78 is 15.4. The van der Waals surface area contributed by atoms with Crippen molar-refractivity contribution in [2.24, 2.45) is 0 Å². The first-order chi connectivity index (χ1) is 13.0. The Kier molecular flexibility index (Phi) is 5.88. The zero-order valence-corrected chi connectivity index (χ0v) is 16.1. The summed E-state index contributed by atoms with van der Waals surface area (Å²) in [6.45, 7) is 0.425. The lowest BCUT2D eigenvalue weighted by molar-refractivity contribution is 0.0602. The van der Waals surface area contributed by atoms with Crippen molar-refractivity contribution >= 4 is 35.0 Å². The number of anilines is 1. The van der Waals surface area contributed by atoms with E-state index in [1.807, 2.05) is 24.3 Å². The van der Waals surface area contributed by atoms with E-state index in [0.29, 0.717) is 22.2 Å². The molecular formula is C19H16Cl2N2O4. The fourth-order valence-electron chi connectivity index (χ4n) is 2.49. The van der Waals surface area contributed by atoms with Gasteiger partial charge in [0.2, 0.25) is 0 Å². The average molecular weight is 407 g/mol. The summed E-state index contributed by atoms with van der Waals surface area (Å²) in [4.78, 5) is 12.3. The molecule has 0 fully saturated rings. The Balaban J connectivity index is 1.91. The molecule has 0 atom stereocenters. The van der Waals surface area contributed by atoms with Gasteiger partial charge in [-0.2, -0.15) is 0 Å². The van der Waals surface area contributed by atoms with Crippen molar-refractivity contribution in [1.29, 1.82) is 0 Å². The summed E-state index contributed by atoms with van der Waals surface area (Å²) in [5.41, 5.74) is 1.63. The number of benzene rings is 2. The highest BCUT2D eigenvalue weighted by molar-refractivity contribution is 6.36. The Morgan fingerprint density at radius 1 is 1.15 bits per heavy atom. The number of nitrogens with one attached hydrogen (secondary N) is 1. The van der Waals surface area contributed by atoms with Crippen molar-refractivity contribution in [3.05, 3.63) is 63.6 Å². The van der Waals surface area contributed by atoms with Crippen LogP contribution >= 0.6 is 23.2 Å². The number of esters is 1. The highest BCUT2D eigenvalue weighted by Gasteiger charge is 2.26. The summed E-state index contributed by atoms with van der Waals surface area (Å²) in [5, 5.41) is 7.87. The van der Waals surface area contributed by atoms with Crippen LogP contribution in [0.3, 0.4) is 0 Å². The number of rotatable bonds is 6. The van der Waals surface area contributed by atoms with Crippen molar-refractivity contribution in [3.8, 4) is 17.1 Å². The van der Waals surface area contributed by atoms with Crippen LogP contribution in [-0.2, 0) is 11.3 Å². The third-order valence-electron chi connectivity index (χ3n) is 3.88. The maximum atomic E-state index is 12.3. The van der Waals surface area contributed by atoms with Crippen molar-refractivity contribution in [2.75, 3.05) is 19.5 Å². The first kappa shape index (κ1) is 19.1. The van der Waals surface area contributed by atoms with Gasteiger partial charge in [0.1, 0.15) is 5.75 Å². The molecular weight excluding hydrogens is 391 g/mol. The fourth-order valence-corrected chi connectivity index (χ4v) is 2.98. The van der Waals surface area contributed by atoms with E-state index in [4.69, 9.17) is 37.2 Å². The maximum Gasteiger partial charge on any atom is 0.345 e. The van der Waals surface area contributed by atoms with Gasteiger partial charge in [-0.05, 0) is 35.9 Å². The second-order valence-electron chi connectivity index (χ2n) is 5.55. The van der Waals surface area contributed by atoms with Crippen molar-refractivity contribution in [3.63, 3.8) is 0 Å². The molecule has 0 bridgehead atoms. The molecule has 1 aromatic heterocycles. The molecule has 8 heteroatoms. The third-order valence-corrected chi connectivity index (χ3v) is 4.42. The smallest absolute Gasteiger partial charge is 0.345 e. The number of hydrogen-bond acceptors (Lipinski definition) is 6. The number of methoxy groups -OCH3 is 2. The van der Waals surface area contributed by atoms with Gasteiger partial charge in [0.15, 0.2) is 17.1 Å². The monoisotopic (exact) mass is 406 g/mol. The van der Waals surface area contributed by atoms with Gasteiger partial charge in [-0.15, -0.1) is 0 Å². The number of carbonyl (C=O) groups excluding carboxylic acids is 1. The molecule has 6 nitrogen and oxygen atoms in total. The van der Waals surface area contributed by atoms with Crippen molar-refractivity contribution in [1.82, 2.24) is 5.16 Å². The first-order valence-electron chi connectivity index (χ1n) is 7.93. The van der Waals surface area contributed by atoms with E-state index in [0.717, 1.165) is 11.3 Å². The Bertz CT molecular complexity index is 955. The molecule has 27 heavy (non-hydrogen) atoms. The van der Waals surface area contributed by atoms with Gasteiger partial charge < -0.3 is 19.3 Å². The highest BCUT2D eigenvalue weighted by Crippen LogP contribution is 2.36. The molecule has 0 saturated heterocycles. The molecule has 1 heterocycles. The fraction of sp³-hybridized carbons (Fsp3) is 0.158. The normalized spacial score (nSPS) is 10.5. The van der Waals surface area contributed by atoms with E-state index in [9.17, 15) is 4.79 Å². The predicted octanol–water partition coefficient (Wildman–Crippen LogP) is 5.06. The Morgan fingerprint density at radius 3 is 2.52 bits per heavy atom. The number of nitrogens with zero attached hydrogens (tertiary/aromatic N) is 1. The van der Waals surface area contributed by atoms with Gasteiger partial charge in [0.05, 0.1) is 19.2 Å². The standard InChI is InChI=1S/C19H16Cl2N2O4/c1-25-13-6-3-11(4-7-13)10-22-18-16(19(24)26-2)17(27-23-18)14-8-5-12(20)9-15(14)21/h3-9H,10H2,1-2H3,(H,22,23). The van der Waals surface area contributed by atoms with Gasteiger partial charge in [-0.25, -0.2) is 4.79 Å². The molecule has 0 unspecified atom stereocenters. The van der Waals surface area contributed by atoms with E-state index in [1.54, 1.807) is 25.3 Å². The van der Waals surface area contributed by atoms with Crippen LogP contribution in [-0.4, -0.2) is 25.3 Å². The van der Waals surface area contributed by atoms with Crippen LogP contribution in [0.4, 0.5) is 5.82 Å². The number of carbonyl (C=O) groups is 1. The van der Waals surface area contributed by atoms with E-state index in [1.165, 1.54) is 7.11 Å². The van der Waals surface area contributed by atoms with Crippen LogP contribution in [0.25, 0.3) is 11.3 Å². The minimum absolute atomic E-state index is 0.162. The van der Waals surface area contributed by atoms with Crippen molar-refractivity contribution < 1.29 is 18.8 Å². The zero-order valence-electron chi connectivity index (χ0n) is 14.6. The van der Waals surface area contributed by atoms with Gasteiger partial charge >= 0.3 is 5.97 Å². The molecule has 0 radical (unpaired) electrons. The minimum atomic E-state index is -0.588. The zero-order chi connectivity index (χ0) is 19.4. The number of halogens is 2.